The molecule has 1 aromatic heterocycles. The number of thiophene rings is 1. The zero-order valence-corrected chi connectivity index (χ0v) is 16.7. The van der Waals surface area contributed by atoms with Gasteiger partial charge < -0.3 is 15.0 Å². The van der Waals surface area contributed by atoms with E-state index in [1.54, 1.807) is 11.3 Å². The third-order valence-electron chi connectivity index (χ3n) is 3.41. The normalized spacial score (nSPS) is 17.3. The summed E-state index contributed by atoms with van der Waals surface area (Å²) in [6.45, 7) is 3.62. The molecule has 3 rings (SSSR count). The Kier molecular flexibility index (Phi) is 5.85. The van der Waals surface area contributed by atoms with E-state index >= 15 is 0 Å². The Bertz CT molecular complexity index is 674. The van der Waals surface area contributed by atoms with Gasteiger partial charge >= 0.3 is 0 Å². The second-order valence-corrected chi connectivity index (χ2v) is 9.02. The Balaban J connectivity index is 1.67. The third kappa shape index (κ3) is 4.21. The van der Waals surface area contributed by atoms with Crippen molar-refractivity contribution in [3.8, 4) is 5.75 Å². The predicted molar refractivity (Wildman–Crippen MR) is 108 cm³/mol. The summed E-state index contributed by atoms with van der Waals surface area (Å²) in [5, 5.41) is 4.41. The molecule has 1 atom stereocenters. The molecule has 0 spiro atoms. The van der Waals surface area contributed by atoms with Gasteiger partial charge in [-0.1, -0.05) is 0 Å². The number of halogens is 1. The van der Waals surface area contributed by atoms with Crippen molar-refractivity contribution in [2.45, 2.75) is 12.3 Å². The Morgan fingerprint density at radius 1 is 1.35 bits per heavy atom. The summed E-state index contributed by atoms with van der Waals surface area (Å²) >= 11 is 12.9. The number of thiocarbonyl (C=S) groups is 1. The first kappa shape index (κ1) is 17.1. The van der Waals surface area contributed by atoms with Crippen LogP contribution in [0.4, 0.5) is 5.69 Å². The van der Waals surface area contributed by atoms with Crippen molar-refractivity contribution in [2.24, 2.45) is 0 Å². The number of anilines is 1. The predicted octanol–water partition coefficient (Wildman–Crippen LogP) is 5.35. The van der Waals surface area contributed by atoms with Crippen LogP contribution in [0.5, 0.6) is 5.75 Å². The second-order valence-electron chi connectivity index (χ2n) is 4.95. The molecule has 7 heteroatoms. The molecule has 1 aromatic carbocycles. The van der Waals surface area contributed by atoms with Gasteiger partial charge in [-0.2, -0.15) is 0 Å². The number of rotatable bonds is 4. The van der Waals surface area contributed by atoms with Crippen molar-refractivity contribution in [3.63, 3.8) is 0 Å². The molecule has 1 fully saturated rings. The molecule has 122 valence electrons. The topological polar surface area (TPSA) is 24.5 Å². The number of nitrogens with zero attached hydrogens (tertiary/aromatic N) is 1. The van der Waals surface area contributed by atoms with E-state index in [2.05, 4.69) is 38.3 Å². The highest BCUT2D eigenvalue weighted by atomic mass is 79.9. The zero-order chi connectivity index (χ0) is 16.2. The average molecular weight is 429 g/mol. The van der Waals surface area contributed by atoms with E-state index in [0.717, 1.165) is 32.6 Å². The molecule has 2 heterocycles. The minimum absolute atomic E-state index is 0.300. The van der Waals surface area contributed by atoms with Gasteiger partial charge in [0.15, 0.2) is 5.11 Å². The molecule has 1 aliphatic heterocycles. The fraction of sp³-hybridized carbons (Fsp3) is 0.312. The van der Waals surface area contributed by atoms with Gasteiger partial charge in [0.05, 0.1) is 10.4 Å². The largest absolute Gasteiger partial charge is 0.494 e. The van der Waals surface area contributed by atoms with Crippen LogP contribution in [-0.4, -0.2) is 28.9 Å². The van der Waals surface area contributed by atoms with E-state index in [-0.39, 0.29) is 0 Å². The molecule has 0 saturated carbocycles. The summed E-state index contributed by atoms with van der Waals surface area (Å²) in [4.78, 5) is 3.59. The third-order valence-corrected chi connectivity index (χ3v) is 6.81. The van der Waals surface area contributed by atoms with Crippen molar-refractivity contribution >= 4 is 62.0 Å². The van der Waals surface area contributed by atoms with E-state index in [9.17, 15) is 0 Å². The highest BCUT2D eigenvalue weighted by molar-refractivity contribution is 9.11. The molecule has 0 unspecified atom stereocenters. The fourth-order valence-corrected chi connectivity index (χ4v) is 5.68. The molecular weight excluding hydrogens is 412 g/mol. The summed E-state index contributed by atoms with van der Waals surface area (Å²) in [5.74, 6) is 1.97. The van der Waals surface area contributed by atoms with Gasteiger partial charge in [0.25, 0.3) is 0 Å². The van der Waals surface area contributed by atoms with Crippen LogP contribution >= 0.6 is 51.2 Å². The van der Waals surface area contributed by atoms with Gasteiger partial charge in [0.1, 0.15) is 11.1 Å². The van der Waals surface area contributed by atoms with Crippen molar-refractivity contribution in [1.82, 2.24) is 4.90 Å². The quantitative estimate of drug-likeness (QED) is 0.661. The van der Waals surface area contributed by atoms with E-state index in [4.69, 9.17) is 17.0 Å². The van der Waals surface area contributed by atoms with Crippen molar-refractivity contribution < 1.29 is 4.74 Å². The molecule has 0 bridgehead atoms. The van der Waals surface area contributed by atoms with Crippen molar-refractivity contribution in [1.29, 1.82) is 0 Å². The number of nitrogens with one attached hydrogen (secondary N) is 1. The lowest BCUT2D eigenvalue weighted by Gasteiger charge is -2.26. The zero-order valence-electron chi connectivity index (χ0n) is 12.6. The summed E-state index contributed by atoms with van der Waals surface area (Å²) in [7, 11) is 0. The first-order valence-corrected chi connectivity index (χ1v) is 10.4. The van der Waals surface area contributed by atoms with Crippen molar-refractivity contribution in [2.75, 3.05) is 24.2 Å². The highest BCUT2D eigenvalue weighted by Gasteiger charge is 2.29. The van der Waals surface area contributed by atoms with E-state index < -0.39 is 0 Å². The summed E-state index contributed by atoms with van der Waals surface area (Å²) in [6.07, 6.45) is 0. The summed E-state index contributed by atoms with van der Waals surface area (Å²) in [5.41, 5.74) is 0.987. The monoisotopic (exact) mass is 428 g/mol. The number of hydrogen-bond acceptors (Lipinski definition) is 4. The van der Waals surface area contributed by atoms with Gasteiger partial charge in [-0.25, -0.2) is 0 Å². The molecule has 23 heavy (non-hydrogen) atoms. The molecule has 3 nitrogen and oxygen atoms in total. The molecular formula is C16H17BrN2OS3. The maximum Gasteiger partial charge on any atom is 0.174 e. The van der Waals surface area contributed by atoms with Gasteiger partial charge in [-0.3, -0.25) is 0 Å². The number of benzene rings is 1. The van der Waals surface area contributed by atoms with E-state index in [1.807, 2.05) is 43.0 Å². The lowest BCUT2D eigenvalue weighted by atomic mass is 10.3. The number of hydrogen-bond donors (Lipinski definition) is 1. The molecule has 1 N–H and O–H groups in total. The van der Waals surface area contributed by atoms with E-state index in [0.29, 0.717) is 12.0 Å². The minimum Gasteiger partial charge on any atom is -0.494 e. The highest BCUT2D eigenvalue weighted by Crippen LogP contribution is 2.42. The number of thioether (sulfide) groups is 1. The number of ether oxygens (including phenoxy) is 1. The lowest BCUT2D eigenvalue weighted by molar-refractivity contribution is 0.340. The maximum atomic E-state index is 5.63. The van der Waals surface area contributed by atoms with E-state index in [1.165, 1.54) is 4.88 Å². The Morgan fingerprint density at radius 3 is 2.78 bits per heavy atom. The Labute approximate surface area is 158 Å². The molecule has 2 aromatic rings. The van der Waals surface area contributed by atoms with Gasteiger partial charge in [-0.15, -0.1) is 23.1 Å². The fourth-order valence-electron chi connectivity index (χ4n) is 2.37. The SMILES string of the molecule is CCOc1ccc(NC(=S)N2CCS[C@@H]2c2ccc(Br)s2)cc1. The average Bonchev–Trinajstić information content (AvgIpc) is 3.18. The molecule has 0 radical (unpaired) electrons. The Morgan fingerprint density at radius 2 is 2.13 bits per heavy atom. The second kappa shape index (κ2) is 7.88. The standard InChI is InChI=1S/C16H17BrN2OS3/c1-2-20-12-5-3-11(4-6-12)18-16(21)19-9-10-22-15(19)13-7-8-14(17)23-13/h3-8,15H,2,9-10H2,1H3,(H,18,21)/t15-/m1/s1. The van der Waals surface area contributed by atoms with Crippen LogP contribution in [0.25, 0.3) is 0 Å². The molecule has 1 saturated heterocycles. The minimum atomic E-state index is 0.300. The lowest BCUT2D eigenvalue weighted by Crippen LogP contribution is -2.33. The molecule has 1 aliphatic rings. The van der Waals surface area contributed by atoms with Gasteiger partial charge in [0, 0.05) is 22.9 Å². The molecule has 0 aliphatic carbocycles. The van der Waals surface area contributed by atoms with Crippen LogP contribution in [-0.2, 0) is 0 Å². The maximum absolute atomic E-state index is 5.63. The van der Waals surface area contributed by atoms with Gasteiger partial charge in [-0.05, 0) is 71.5 Å². The van der Waals surface area contributed by atoms with Crippen LogP contribution in [0.15, 0.2) is 40.2 Å². The molecule has 0 amide bonds. The Hall–Kier alpha value is -0.760. The smallest absolute Gasteiger partial charge is 0.174 e. The van der Waals surface area contributed by atoms with Crippen molar-refractivity contribution in [3.05, 3.63) is 45.1 Å². The van der Waals surface area contributed by atoms with Crippen LogP contribution in [0.1, 0.15) is 17.2 Å². The summed E-state index contributed by atoms with van der Waals surface area (Å²) < 4.78 is 6.62. The first-order chi connectivity index (χ1) is 11.2. The van der Waals surface area contributed by atoms with Gasteiger partial charge in [0.2, 0.25) is 0 Å². The van der Waals surface area contributed by atoms with Crippen LogP contribution in [0.2, 0.25) is 0 Å². The van der Waals surface area contributed by atoms with Crippen LogP contribution < -0.4 is 10.1 Å². The first-order valence-electron chi connectivity index (χ1n) is 7.34. The van der Waals surface area contributed by atoms with Crippen LogP contribution in [0.3, 0.4) is 0 Å². The summed E-state index contributed by atoms with van der Waals surface area (Å²) in [6, 6.07) is 12.2. The van der Waals surface area contributed by atoms with Crippen LogP contribution in [0, 0.1) is 0 Å².